The van der Waals surface area contributed by atoms with Gasteiger partial charge >= 0.3 is 0 Å². The van der Waals surface area contributed by atoms with E-state index in [9.17, 15) is 4.79 Å². The van der Waals surface area contributed by atoms with Gasteiger partial charge in [-0.3, -0.25) is 14.1 Å². The second kappa shape index (κ2) is 9.43. The standard InChI is InChI=1S/C25H31N3O2/c1-3-30-23-9-7-20(8-10-23)5-6-21-12-14-27(15-13-21)18-22-16-25(29)28-17-19(2)4-11-24(28)26-22/h4,7-11,16-17,21H,3,5-6,12-15,18H2,1-2H3. The zero-order valence-electron chi connectivity index (χ0n) is 18.0. The Balaban J connectivity index is 1.28. The fourth-order valence-corrected chi connectivity index (χ4v) is 4.29. The van der Waals surface area contributed by atoms with E-state index in [1.807, 2.05) is 32.2 Å². The predicted octanol–water partition coefficient (Wildman–Crippen LogP) is 4.25. The molecule has 1 fully saturated rings. The van der Waals surface area contributed by atoms with Crippen LogP contribution in [0.25, 0.3) is 5.65 Å². The van der Waals surface area contributed by atoms with Crippen molar-refractivity contribution in [3.05, 3.63) is 75.8 Å². The molecular formula is C25H31N3O2. The Labute approximate surface area is 178 Å². The Morgan fingerprint density at radius 2 is 1.87 bits per heavy atom. The molecule has 0 aliphatic carbocycles. The van der Waals surface area contributed by atoms with Crippen LogP contribution in [0.1, 0.15) is 43.0 Å². The highest BCUT2D eigenvalue weighted by atomic mass is 16.5. The van der Waals surface area contributed by atoms with Crippen molar-refractivity contribution in [2.24, 2.45) is 5.92 Å². The number of likely N-dealkylation sites (tertiary alicyclic amines) is 1. The summed E-state index contributed by atoms with van der Waals surface area (Å²) in [5.41, 5.74) is 4.05. The fourth-order valence-electron chi connectivity index (χ4n) is 4.29. The monoisotopic (exact) mass is 405 g/mol. The molecule has 1 aromatic carbocycles. The molecule has 5 nitrogen and oxygen atoms in total. The number of pyridine rings is 1. The summed E-state index contributed by atoms with van der Waals surface area (Å²) in [6, 6.07) is 14.1. The summed E-state index contributed by atoms with van der Waals surface area (Å²) in [4.78, 5) is 19.5. The van der Waals surface area contributed by atoms with Crippen LogP contribution in [-0.4, -0.2) is 34.0 Å². The van der Waals surface area contributed by atoms with Gasteiger partial charge in [0.05, 0.1) is 12.3 Å². The molecule has 0 saturated carbocycles. The van der Waals surface area contributed by atoms with Gasteiger partial charge < -0.3 is 4.74 Å². The van der Waals surface area contributed by atoms with E-state index in [0.29, 0.717) is 6.61 Å². The average molecular weight is 406 g/mol. The largest absolute Gasteiger partial charge is 0.494 e. The molecule has 5 heteroatoms. The molecule has 4 rings (SSSR count). The third kappa shape index (κ3) is 5.08. The number of aryl methyl sites for hydroxylation is 2. The lowest BCUT2D eigenvalue weighted by atomic mass is 9.90. The van der Waals surface area contributed by atoms with Crippen molar-refractivity contribution in [1.82, 2.24) is 14.3 Å². The minimum absolute atomic E-state index is 0.00365. The summed E-state index contributed by atoms with van der Waals surface area (Å²) in [6.07, 6.45) is 6.63. The molecule has 0 spiro atoms. The number of fused-ring (bicyclic) bond motifs is 1. The molecule has 0 bridgehead atoms. The number of rotatable bonds is 7. The molecule has 0 N–H and O–H groups in total. The first-order valence-electron chi connectivity index (χ1n) is 11.0. The molecule has 0 amide bonds. The number of benzene rings is 1. The van der Waals surface area contributed by atoms with Crippen LogP contribution in [0, 0.1) is 12.8 Å². The highest BCUT2D eigenvalue weighted by Gasteiger charge is 2.20. The Morgan fingerprint density at radius 1 is 1.10 bits per heavy atom. The van der Waals surface area contributed by atoms with Crippen LogP contribution >= 0.6 is 0 Å². The van der Waals surface area contributed by atoms with Gasteiger partial charge in [-0.25, -0.2) is 4.98 Å². The highest BCUT2D eigenvalue weighted by molar-refractivity contribution is 5.39. The smallest absolute Gasteiger partial charge is 0.258 e. The van der Waals surface area contributed by atoms with Crippen molar-refractivity contribution in [3.63, 3.8) is 0 Å². The molecule has 30 heavy (non-hydrogen) atoms. The van der Waals surface area contributed by atoms with Crippen molar-refractivity contribution in [3.8, 4) is 5.75 Å². The van der Waals surface area contributed by atoms with Crippen LogP contribution in [0.5, 0.6) is 5.75 Å². The maximum atomic E-state index is 12.4. The molecule has 3 heterocycles. The van der Waals surface area contributed by atoms with Crippen LogP contribution < -0.4 is 10.3 Å². The summed E-state index contributed by atoms with van der Waals surface area (Å²) in [6.45, 7) is 7.61. The maximum Gasteiger partial charge on any atom is 0.258 e. The SMILES string of the molecule is CCOc1ccc(CCC2CCN(Cc3cc(=O)n4cc(C)ccc4n3)CC2)cc1. The summed E-state index contributed by atoms with van der Waals surface area (Å²) < 4.78 is 7.15. The lowest BCUT2D eigenvalue weighted by molar-refractivity contribution is 0.171. The molecule has 158 valence electrons. The van der Waals surface area contributed by atoms with Gasteiger partial charge in [-0.05, 0) is 87.9 Å². The molecular weight excluding hydrogens is 374 g/mol. The minimum Gasteiger partial charge on any atom is -0.494 e. The number of hydrogen-bond donors (Lipinski definition) is 0. The second-order valence-corrected chi connectivity index (χ2v) is 8.36. The Hall–Kier alpha value is -2.66. The van der Waals surface area contributed by atoms with Gasteiger partial charge in [0.25, 0.3) is 5.56 Å². The lowest BCUT2D eigenvalue weighted by Crippen LogP contribution is -2.34. The molecule has 0 unspecified atom stereocenters. The van der Waals surface area contributed by atoms with Crippen molar-refractivity contribution in [2.75, 3.05) is 19.7 Å². The highest BCUT2D eigenvalue weighted by Crippen LogP contribution is 2.24. The zero-order valence-corrected chi connectivity index (χ0v) is 18.0. The number of hydrogen-bond acceptors (Lipinski definition) is 4. The number of aromatic nitrogens is 2. The van der Waals surface area contributed by atoms with E-state index >= 15 is 0 Å². The van der Waals surface area contributed by atoms with Gasteiger partial charge in [-0.1, -0.05) is 18.2 Å². The van der Waals surface area contributed by atoms with E-state index in [-0.39, 0.29) is 5.56 Å². The lowest BCUT2D eigenvalue weighted by Gasteiger charge is -2.31. The van der Waals surface area contributed by atoms with Crippen molar-refractivity contribution in [2.45, 2.75) is 46.1 Å². The van der Waals surface area contributed by atoms with Gasteiger partial charge in [-0.2, -0.15) is 0 Å². The first-order chi connectivity index (χ1) is 14.6. The van der Waals surface area contributed by atoms with Gasteiger partial charge in [0, 0.05) is 18.8 Å². The quantitative estimate of drug-likeness (QED) is 0.590. The average Bonchev–Trinajstić information content (AvgIpc) is 2.75. The summed E-state index contributed by atoms with van der Waals surface area (Å²) >= 11 is 0. The van der Waals surface area contributed by atoms with Crippen molar-refractivity contribution in [1.29, 1.82) is 0 Å². The van der Waals surface area contributed by atoms with Gasteiger partial charge in [-0.15, -0.1) is 0 Å². The first-order valence-corrected chi connectivity index (χ1v) is 11.0. The van der Waals surface area contributed by atoms with Crippen LogP contribution in [-0.2, 0) is 13.0 Å². The minimum atomic E-state index is 0.00365. The van der Waals surface area contributed by atoms with E-state index in [0.717, 1.165) is 54.6 Å². The Morgan fingerprint density at radius 3 is 2.60 bits per heavy atom. The van der Waals surface area contributed by atoms with Crippen LogP contribution in [0.4, 0.5) is 0 Å². The number of nitrogens with zero attached hydrogens (tertiary/aromatic N) is 3. The van der Waals surface area contributed by atoms with Crippen LogP contribution in [0.15, 0.2) is 53.5 Å². The van der Waals surface area contributed by atoms with Crippen molar-refractivity contribution >= 4 is 5.65 Å². The third-order valence-corrected chi connectivity index (χ3v) is 6.03. The van der Waals surface area contributed by atoms with Crippen molar-refractivity contribution < 1.29 is 4.74 Å². The van der Waals surface area contributed by atoms with E-state index < -0.39 is 0 Å². The number of ether oxygens (including phenoxy) is 1. The summed E-state index contributed by atoms with van der Waals surface area (Å²) in [5.74, 6) is 1.72. The maximum absolute atomic E-state index is 12.4. The van der Waals surface area contributed by atoms with E-state index in [2.05, 4.69) is 29.2 Å². The van der Waals surface area contributed by atoms with Crippen LogP contribution in [0.3, 0.4) is 0 Å². The van der Waals surface area contributed by atoms with Gasteiger partial charge in [0.1, 0.15) is 11.4 Å². The molecule has 1 saturated heterocycles. The van der Waals surface area contributed by atoms with Gasteiger partial charge in [0.2, 0.25) is 0 Å². The molecule has 1 aliphatic rings. The topological polar surface area (TPSA) is 46.8 Å². The fraction of sp³-hybridized carbons (Fsp3) is 0.440. The zero-order chi connectivity index (χ0) is 20.9. The summed E-state index contributed by atoms with van der Waals surface area (Å²) in [5, 5.41) is 0. The molecule has 0 atom stereocenters. The Bertz CT molecular complexity index is 1030. The summed E-state index contributed by atoms with van der Waals surface area (Å²) in [7, 11) is 0. The van der Waals surface area contributed by atoms with E-state index in [4.69, 9.17) is 9.72 Å². The molecule has 2 aromatic heterocycles. The predicted molar refractivity (Wildman–Crippen MR) is 120 cm³/mol. The van der Waals surface area contributed by atoms with Gasteiger partial charge in [0.15, 0.2) is 0 Å². The third-order valence-electron chi connectivity index (χ3n) is 6.03. The number of piperidine rings is 1. The molecule has 3 aromatic rings. The first kappa shape index (κ1) is 20.6. The normalized spacial score (nSPS) is 15.5. The van der Waals surface area contributed by atoms with E-state index in [1.54, 1.807) is 10.5 Å². The van der Waals surface area contributed by atoms with Crippen LogP contribution in [0.2, 0.25) is 0 Å². The molecule has 1 aliphatic heterocycles. The molecule has 0 radical (unpaired) electrons. The van der Waals surface area contributed by atoms with E-state index in [1.165, 1.54) is 24.8 Å². The Kier molecular flexibility index (Phi) is 6.48. The second-order valence-electron chi connectivity index (χ2n) is 8.36.